The van der Waals surface area contributed by atoms with Crippen molar-refractivity contribution in [1.29, 1.82) is 0 Å². The molecule has 0 saturated carbocycles. The number of amidine groups is 1. The summed E-state index contributed by atoms with van der Waals surface area (Å²) < 4.78 is 87.5. The number of ether oxygens (including phenoxy) is 1. The minimum absolute atomic E-state index is 0.0557. The summed E-state index contributed by atoms with van der Waals surface area (Å²) in [6.07, 6.45) is -4.14. The third-order valence-corrected chi connectivity index (χ3v) is 9.00. The average molecular weight is 612 g/mol. The largest absolute Gasteiger partial charge is 0.416 e. The van der Waals surface area contributed by atoms with Crippen molar-refractivity contribution < 1.29 is 30.5 Å². The van der Waals surface area contributed by atoms with Crippen molar-refractivity contribution in [2.75, 3.05) is 26.0 Å². The van der Waals surface area contributed by atoms with E-state index in [1.165, 1.54) is 12.1 Å². The normalized spacial score (nSPS) is 17.4. The first kappa shape index (κ1) is 29.9. The molecular formula is C27H25ClF3N3O4S2. The Morgan fingerprint density at radius 3 is 2.33 bits per heavy atom. The number of hydrogen-bond donors (Lipinski definition) is 0. The van der Waals surface area contributed by atoms with E-state index in [-0.39, 0.29) is 30.0 Å². The second-order valence-corrected chi connectivity index (χ2v) is 12.3. The number of alkyl halides is 3. The van der Waals surface area contributed by atoms with Crippen molar-refractivity contribution in [2.24, 2.45) is 9.50 Å². The molecule has 1 aliphatic rings. The van der Waals surface area contributed by atoms with Gasteiger partial charge >= 0.3 is 6.18 Å². The Morgan fingerprint density at radius 1 is 1.07 bits per heavy atom. The van der Waals surface area contributed by atoms with Crippen LogP contribution in [0.2, 0.25) is 5.02 Å². The van der Waals surface area contributed by atoms with Crippen LogP contribution < -0.4 is 0 Å². The fourth-order valence-electron chi connectivity index (χ4n) is 4.09. The van der Waals surface area contributed by atoms with Crippen molar-refractivity contribution in [3.8, 4) is 0 Å². The molecule has 2 atom stereocenters. The van der Waals surface area contributed by atoms with Gasteiger partial charge in [-0.05, 0) is 53.9 Å². The summed E-state index contributed by atoms with van der Waals surface area (Å²) in [6, 6.07) is 19.6. The zero-order valence-corrected chi connectivity index (χ0v) is 23.6. The molecule has 1 heterocycles. The lowest BCUT2D eigenvalue weighted by Crippen LogP contribution is -2.39. The lowest BCUT2D eigenvalue weighted by atomic mass is 9.86. The van der Waals surface area contributed by atoms with Crippen LogP contribution in [0.1, 0.15) is 29.0 Å². The van der Waals surface area contributed by atoms with Gasteiger partial charge in [0, 0.05) is 24.6 Å². The van der Waals surface area contributed by atoms with Gasteiger partial charge in [0.25, 0.3) is 10.0 Å². The highest BCUT2D eigenvalue weighted by Crippen LogP contribution is 2.32. The smallest absolute Gasteiger partial charge is 0.384 e. The molecule has 7 nitrogen and oxygen atoms in total. The van der Waals surface area contributed by atoms with E-state index in [4.69, 9.17) is 21.4 Å². The van der Waals surface area contributed by atoms with Crippen molar-refractivity contribution in [1.82, 2.24) is 5.01 Å². The molecule has 0 N–H and O–H groups in total. The number of sulfonamides is 1. The van der Waals surface area contributed by atoms with Gasteiger partial charge in [0.15, 0.2) is 0 Å². The molecule has 212 valence electrons. The van der Waals surface area contributed by atoms with E-state index in [0.29, 0.717) is 29.3 Å². The highest BCUT2D eigenvalue weighted by atomic mass is 35.5. The van der Waals surface area contributed by atoms with Gasteiger partial charge in [0.05, 0.1) is 39.3 Å². The molecule has 4 rings (SSSR count). The average Bonchev–Trinajstić information content (AvgIpc) is 2.95. The molecule has 0 saturated heterocycles. The topological polar surface area (TPSA) is 88.4 Å². The second-order valence-electron chi connectivity index (χ2n) is 8.78. The summed E-state index contributed by atoms with van der Waals surface area (Å²) in [5.41, 5.74) is 1.32. The molecule has 0 aromatic heterocycles. The molecule has 13 heteroatoms. The first-order valence-corrected chi connectivity index (χ1v) is 15.2. The quantitative estimate of drug-likeness (QED) is 0.253. The van der Waals surface area contributed by atoms with E-state index >= 15 is 0 Å². The van der Waals surface area contributed by atoms with E-state index in [1.54, 1.807) is 24.3 Å². The van der Waals surface area contributed by atoms with Crippen LogP contribution in [0.4, 0.5) is 13.2 Å². The Balaban J connectivity index is 1.79. The Bertz CT molecular complexity index is 1510. The first-order chi connectivity index (χ1) is 19.0. The molecule has 0 bridgehead atoms. The Labute approximate surface area is 237 Å². The maximum Gasteiger partial charge on any atom is 0.416 e. The number of hydrazone groups is 1. The maximum absolute atomic E-state index is 13.3. The Morgan fingerprint density at radius 2 is 1.73 bits per heavy atom. The molecule has 1 aliphatic heterocycles. The van der Waals surface area contributed by atoms with Gasteiger partial charge in [-0.1, -0.05) is 54.1 Å². The van der Waals surface area contributed by atoms with Crippen LogP contribution in [0.25, 0.3) is 0 Å². The van der Waals surface area contributed by atoms with Gasteiger partial charge in [0.2, 0.25) is 5.17 Å². The summed E-state index contributed by atoms with van der Waals surface area (Å²) in [4.78, 5) is -0.470. The predicted octanol–water partition coefficient (Wildman–Crippen LogP) is 5.69. The Hall–Kier alpha value is -3.06. The van der Waals surface area contributed by atoms with Gasteiger partial charge in [-0.15, -0.1) is 4.40 Å². The summed E-state index contributed by atoms with van der Waals surface area (Å²) in [5, 5.41) is 6.20. The van der Waals surface area contributed by atoms with Crippen molar-refractivity contribution in [3.05, 3.63) is 101 Å². The van der Waals surface area contributed by atoms with Crippen LogP contribution in [0.15, 0.2) is 93.3 Å². The molecular weight excluding hydrogens is 587 g/mol. The fourth-order valence-corrected chi connectivity index (χ4v) is 6.60. The molecule has 0 amide bonds. The monoisotopic (exact) mass is 611 g/mol. The summed E-state index contributed by atoms with van der Waals surface area (Å²) in [6.45, 7) is 0.247. The van der Waals surface area contributed by atoms with E-state index in [1.807, 2.05) is 30.3 Å². The van der Waals surface area contributed by atoms with Gasteiger partial charge in [-0.25, -0.2) is 5.01 Å². The number of nitrogens with zero attached hydrogens (tertiary/aromatic N) is 3. The molecule has 0 spiro atoms. The first-order valence-electron chi connectivity index (χ1n) is 12.1. The number of methoxy groups -OCH3 is 1. The van der Waals surface area contributed by atoms with Crippen LogP contribution >= 0.6 is 11.6 Å². The molecule has 0 radical (unpaired) electrons. The summed E-state index contributed by atoms with van der Waals surface area (Å²) in [5.74, 6) is -0.221. The van der Waals surface area contributed by atoms with E-state index in [0.717, 1.165) is 23.3 Å². The van der Waals surface area contributed by atoms with Crippen LogP contribution in [0, 0.1) is 0 Å². The van der Waals surface area contributed by atoms with Crippen molar-refractivity contribution in [2.45, 2.75) is 23.4 Å². The number of benzene rings is 3. The summed E-state index contributed by atoms with van der Waals surface area (Å²) >= 11 is 6.09. The predicted molar refractivity (Wildman–Crippen MR) is 149 cm³/mol. The van der Waals surface area contributed by atoms with Crippen LogP contribution in [-0.4, -0.2) is 54.5 Å². The van der Waals surface area contributed by atoms with Gasteiger partial charge in [-0.2, -0.15) is 26.7 Å². The lowest BCUT2D eigenvalue weighted by molar-refractivity contribution is -0.137. The van der Waals surface area contributed by atoms with Crippen LogP contribution in [-0.2, 0) is 31.7 Å². The number of rotatable bonds is 7. The van der Waals surface area contributed by atoms with E-state index < -0.39 is 37.5 Å². The number of hydrogen-bond acceptors (Lipinski definition) is 5. The van der Waals surface area contributed by atoms with Crippen LogP contribution in [0.5, 0.6) is 0 Å². The Kier molecular flexibility index (Phi) is 9.44. The fraction of sp³-hybridized carbons (Fsp3) is 0.259. The SMILES string of the molecule is COCCS(=O)/C(=N\S(=O)(=O)c1ccc(C(F)(F)F)cc1)N1CCC(c2ccccc2)C(c2ccc(Cl)cc2)=N1. The maximum atomic E-state index is 13.3. The third-order valence-electron chi connectivity index (χ3n) is 6.11. The molecule has 40 heavy (non-hydrogen) atoms. The van der Waals surface area contributed by atoms with E-state index in [2.05, 4.69) is 4.40 Å². The van der Waals surface area contributed by atoms with Crippen molar-refractivity contribution in [3.63, 3.8) is 0 Å². The minimum Gasteiger partial charge on any atom is -0.384 e. The third kappa shape index (κ3) is 7.17. The zero-order chi connectivity index (χ0) is 28.9. The summed E-state index contributed by atoms with van der Waals surface area (Å²) in [7, 11) is -5.09. The van der Waals surface area contributed by atoms with Crippen molar-refractivity contribution >= 4 is 43.3 Å². The molecule has 0 fully saturated rings. The molecule has 2 unspecified atom stereocenters. The lowest BCUT2D eigenvalue weighted by Gasteiger charge is -2.31. The second kappa shape index (κ2) is 12.6. The molecule has 3 aromatic carbocycles. The van der Waals surface area contributed by atoms with Crippen LogP contribution in [0.3, 0.4) is 0 Å². The standard InChI is InChI=1S/C27H25ClF3N3O4S2/c1-38-17-18-39(35)26(33-40(36,37)23-13-9-21(10-14-23)27(29,30)31)34-16-15-24(19-5-3-2-4-6-19)25(32-34)20-7-11-22(28)12-8-20/h2-14,24H,15-18H2,1H3/b33-26-. The van der Waals surface area contributed by atoms with Gasteiger partial charge in [0.1, 0.15) is 0 Å². The van der Waals surface area contributed by atoms with E-state index in [9.17, 15) is 25.8 Å². The zero-order valence-electron chi connectivity index (χ0n) is 21.2. The number of halogens is 4. The highest BCUT2D eigenvalue weighted by Gasteiger charge is 2.33. The van der Waals surface area contributed by atoms with Gasteiger partial charge < -0.3 is 4.74 Å². The molecule has 3 aromatic rings. The van der Waals surface area contributed by atoms with Gasteiger partial charge in [-0.3, -0.25) is 4.21 Å². The molecule has 0 aliphatic carbocycles. The highest BCUT2D eigenvalue weighted by molar-refractivity contribution is 8.02. The minimum atomic E-state index is -4.63.